The smallest absolute Gasteiger partial charge is 0.265 e. The highest BCUT2D eigenvalue weighted by atomic mass is 32.2. The number of anilines is 1. The van der Waals surface area contributed by atoms with Crippen LogP contribution in [-0.2, 0) is 0 Å². The van der Waals surface area contributed by atoms with E-state index in [2.05, 4.69) is 78.0 Å². The summed E-state index contributed by atoms with van der Waals surface area (Å²) in [7, 11) is 0. The van der Waals surface area contributed by atoms with Crippen molar-refractivity contribution in [3.63, 3.8) is 0 Å². The summed E-state index contributed by atoms with van der Waals surface area (Å²) in [5.74, 6) is 2.16. The van der Waals surface area contributed by atoms with Crippen molar-refractivity contribution in [1.29, 1.82) is 0 Å². The van der Waals surface area contributed by atoms with Crippen molar-refractivity contribution in [1.82, 2.24) is 15.0 Å². The molecule has 0 radical (unpaired) electrons. The number of aliphatic imine (C=N–C) groups is 1. The highest BCUT2D eigenvalue weighted by molar-refractivity contribution is 8.01. The van der Waals surface area contributed by atoms with Crippen molar-refractivity contribution in [3.05, 3.63) is 70.9 Å². The summed E-state index contributed by atoms with van der Waals surface area (Å²) in [5.41, 5.74) is 1.81. The summed E-state index contributed by atoms with van der Waals surface area (Å²) < 4.78 is 3.02. The first-order valence-electron chi connectivity index (χ1n) is 12.2. The van der Waals surface area contributed by atoms with Crippen LogP contribution >= 0.6 is 11.9 Å². The largest absolute Gasteiger partial charge is 0.351 e. The molecule has 4 rings (SSSR count). The van der Waals surface area contributed by atoms with Gasteiger partial charge in [-0.1, -0.05) is 50.3 Å². The minimum atomic E-state index is -0.133. The average molecular weight is 478 g/mol. The van der Waals surface area contributed by atoms with Gasteiger partial charge in [0.15, 0.2) is 0 Å². The standard InChI is InChI=1S/C27H35N5OS/c1-5-22(20-11-7-6-8-12-20)29-23-14-9-15-24(30-23)34-31-26(33)21-13-10-16-28-25(21)32-18-19(2)17-27(32,3)4/h6-8,10-13,15-16,19,22H,5,9,14,17-18H2,1-4H3,(H,29,30)(H,31,33). The Bertz CT molecular complexity index is 1070. The number of nitrogens with one attached hydrogen (secondary N) is 2. The second-order valence-electron chi connectivity index (χ2n) is 9.78. The SMILES string of the molecule is CCC(N=C1CCC=C(SNC(=O)c2cccnc2N2CC(C)CC2(C)C)N1)c1ccccc1. The van der Waals surface area contributed by atoms with Crippen LogP contribution in [0.1, 0.15) is 75.3 Å². The third-order valence-electron chi connectivity index (χ3n) is 6.47. The van der Waals surface area contributed by atoms with E-state index in [1.165, 1.54) is 17.5 Å². The Morgan fingerprint density at radius 3 is 2.79 bits per heavy atom. The highest BCUT2D eigenvalue weighted by Gasteiger charge is 2.38. The van der Waals surface area contributed by atoms with Gasteiger partial charge in [0.25, 0.3) is 5.91 Å². The lowest BCUT2D eigenvalue weighted by atomic mass is 9.97. The number of nitrogens with zero attached hydrogens (tertiary/aromatic N) is 3. The lowest BCUT2D eigenvalue weighted by Gasteiger charge is -2.33. The topological polar surface area (TPSA) is 69.6 Å². The van der Waals surface area contributed by atoms with Gasteiger partial charge in [0, 0.05) is 36.6 Å². The van der Waals surface area contributed by atoms with Crippen LogP contribution in [0, 0.1) is 5.92 Å². The van der Waals surface area contributed by atoms with Gasteiger partial charge in [-0.3, -0.25) is 14.5 Å². The molecule has 2 aliphatic rings. The number of hydrogen-bond donors (Lipinski definition) is 2. The van der Waals surface area contributed by atoms with Crippen LogP contribution in [0.5, 0.6) is 0 Å². The fraction of sp³-hybridized carbons (Fsp3) is 0.444. The first kappa shape index (κ1) is 24.3. The number of pyridine rings is 1. The van der Waals surface area contributed by atoms with Crippen LogP contribution in [0.2, 0.25) is 0 Å². The molecule has 0 bridgehead atoms. The molecule has 180 valence electrons. The summed E-state index contributed by atoms with van der Waals surface area (Å²) in [5, 5.41) is 4.32. The molecule has 34 heavy (non-hydrogen) atoms. The minimum absolute atomic E-state index is 0.0245. The van der Waals surface area contributed by atoms with Crippen molar-refractivity contribution in [2.75, 3.05) is 11.4 Å². The molecule has 1 aromatic heterocycles. The predicted octanol–water partition coefficient (Wildman–Crippen LogP) is 5.86. The maximum absolute atomic E-state index is 13.2. The molecule has 6 nitrogen and oxygen atoms in total. The second kappa shape index (κ2) is 10.6. The van der Waals surface area contributed by atoms with Crippen molar-refractivity contribution >= 4 is 29.5 Å². The van der Waals surface area contributed by atoms with Crippen molar-refractivity contribution in [3.8, 4) is 0 Å². The molecule has 2 unspecified atom stereocenters. The zero-order valence-corrected chi connectivity index (χ0v) is 21.4. The zero-order valence-electron chi connectivity index (χ0n) is 20.5. The van der Waals surface area contributed by atoms with Crippen LogP contribution in [-0.4, -0.2) is 28.8 Å². The van der Waals surface area contributed by atoms with Gasteiger partial charge in [0.05, 0.1) is 16.6 Å². The highest BCUT2D eigenvalue weighted by Crippen LogP contribution is 2.37. The van der Waals surface area contributed by atoms with E-state index in [-0.39, 0.29) is 17.5 Å². The van der Waals surface area contributed by atoms with E-state index in [1.807, 2.05) is 18.2 Å². The van der Waals surface area contributed by atoms with Crippen molar-refractivity contribution in [2.45, 2.75) is 65.0 Å². The van der Waals surface area contributed by atoms with Gasteiger partial charge in [-0.25, -0.2) is 4.98 Å². The lowest BCUT2D eigenvalue weighted by Crippen LogP contribution is -2.40. The van der Waals surface area contributed by atoms with Gasteiger partial charge in [-0.2, -0.15) is 0 Å². The Morgan fingerprint density at radius 2 is 2.09 bits per heavy atom. The van der Waals surface area contributed by atoms with Gasteiger partial charge < -0.3 is 10.2 Å². The fourth-order valence-electron chi connectivity index (χ4n) is 4.93. The number of hydrogen-bond acceptors (Lipinski definition) is 5. The van der Waals surface area contributed by atoms with Crippen molar-refractivity contribution < 1.29 is 4.79 Å². The van der Waals surface area contributed by atoms with E-state index in [0.717, 1.165) is 48.9 Å². The third-order valence-corrected chi connectivity index (χ3v) is 7.25. The summed E-state index contributed by atoms with van der Waals surface area (Å²) in [6.07, 6.45) is 7.67. The molecule has 2 atom stereocenters. The van der Waals surface area contributed by atoms with Gasteiger partial charge in [-0.15, -0.1) is 0 Å². The molecule has 1 fully saturated rings. The number of benzene rings is 1. The minimum Gasteiger partial charge on any atom is -0.351 e. The Morgan fingerprint density at radius 1 is 1.29 bits per heavy atom. The van der Waals surface area contributed by atoms with Crippen LogP contribution in [0.4, 0.5) is 5.82 Å². The van der Waals surface area contributed by atoms with E-state index in [0.29, 0.717) is 11.5 Å². The predicted molar refractivity (Wildman–Crippen MR) is 142 cm³/mol. The maximum atomic E-state index is 13.2. The van der Waals surface area contributed by atoms with Crippen LogP contribution in [0.3, 0.4) is 0 Å². The van der Waals surface area contributed by atoms with Gasteiger partial charge >= 0.3 is 0 Å². The first-order chi connectivity index (χ1) is 16.4. The monoisotopic (exact) mass is 477 g/mol. The van der Waals surface area contributed by atoms with Crippen LogP contribution in [0.25, 0.3) is 0 Å². The molecular formula is C27H35N5OS. The molecule has 1 amide bonds. The van der Waals surface area contributed by atoms with Gasteiger partial charge in [0.1, 0.15) is 11.7 Å². The molecule has 0 saturated carbocycles. The van der Waals surface area contributed by atoms with E-state index in [4.69, 9.17) is 4.99 Å². The molecule has 1 aromatic carbocycles. The number of amidine groups is 1. The lowest BCUT2D eigenvalue weighted by molar-refractivity contribution is 0.0984. The van der Waals surface area contributed by atoms with Gasteiger partial charge in [-0.05, 0) is 56.7 Å². The number of rotatable bonds is 7. The Labute approximate surface area is 207 Å². The molecule has 2 N–H and O–H groups in total. The molecule has 2 aliphatic heterocycles. The average Bonchev–Trinajstić information content (AvgIpc) is 3.13. The molecule has 0 spiro atoms. The maximum Gasteiger partial charge on any atom is 0.265 e. The zero-order chi connectivity index (χ0) is 24.1. The number of allylic oxidation sites excluding steroid dienone is 1. The summed E-state index contributed by atoms with van der Waals surface area (Å²) >= 11 is 1.31. The number of aromatic nitrogens is 1. The molecule has 3 heterocycles. The number of carbonyl (C=O) groups excluding carboxylic acids is 1. The molecule has 0 aliphatic carbocycles. The third kappa shape index (κ3) is 5.63. The van der Waals surface area contributed by atoms with E-state index in [9.17, 15) is 4.79 Å². The first-order valence-corrected chi connectivity index (χ1v) is 13.0. The summed E-state index contributed by atoms with van der Waals surface area (Å²) in [4.78, 5) is 25.0. The van der Waals surface area contributed by atoms with Crippen LogP contribution in [0.15, 0.2) is 64.8 Å². The van der Waals surface area contributed by atoms with Crippen LogP contribution < -0.4 is 14.9 Å². The summed E-state index contributed by atoms with van der Waals surface area (Å²) in [6.45, 7) is 9.76. The Kier molecular flexibility index (Phi) is 7.61. The van der Waals surface area contributed by atoms with E-state index < -0.39 is 0 Å². The Hall–Kier alpha value is -2.80. The quantitative estimate of drug-likeness (QED) is 0.489. The molecule has 1 saturated heterocycles. The van der Waals surface area contributed by atoms with Crippen molar-refractivity contribution in [2.24, 2.45) is 10.9 Å². The Balaban J connectivity index is 1.42. The molecule has 7 heteroatoms. The normalized spacial score (nSPS) is 21.6. The second-order valence-corrected chi connectivity index (χ2v) is 10.6. The number of carbonyl (C=O) groups is 1. The summed E-state index contributed by atoms with van der Waals surface area (Å²) in [6, 6.07) is 14.2. The molecule has 2 aromatic rings. The van der Waals surface area contributed by atoms with E-state index in [1.54, 1.807) is 6.20 Å². The fourth-order valence-corrected chi connectivity index (χ4v) is 5.61. The number of amides is 1. The van der Waals surface area contributed by atoms with E-state index >= 15 is 0 Å². The van der Waals surface area contributed by atoms with Gasteiger partial charge in [0.2, 0.25) is 0 Å². The molecular weight excluding hydrogens is 442 g/mol.